The molecule has 0 aliphatic carbocycles. The molecule has 0 saturated carbocycles. The molecule has 0 fully saturated rings. The van der Waals surface area contributed by atoms with Crippen molar-refractivity contribution in [2.45, 2.75) is 19.5 Å². The minimum atomic E-state index is 0.918. The van der Waals surface area contributed by atoms with Crippen LogP contribution in [-0.2, 0) is 19.5 Å². The first-order valence-corrected chi connectivity index (χ1v) is 7.42. The Bertz CT molecular complexity index is 624. The summed E-state index contributed by atoms with van der Waals surface area (Å²) in [5, 5.41) is 3.44. The van der Waals surface area contributed by atoms with Crippen LogP contribution >= 0.6 is 0 Å². The second-order valence-electron chi connectivity index (χ2n) is 5.69. The molecule has 3 nitrogen and oxygen atoms in total. The molecular formula is C18H22N2O. The van der Waals surface area contributed by atoms with Gasteiger partial charge in [0.25, 0.3) is 0 Å². The van der Waals surface area contributed by atoms with Crippen LogP contribution in [0.1, 0.15) is 16.7 Å². The molecule has 0 radical (unpaired) electrons. The van der Waals surface area contributed by atoms with E-state index in [1.165, 1.54) is 22.4 Å². The monoisotopic (exact) mass is 282 g/mol. The minimum Gasteiger partial charge on any atom is -0.497 e. The molecule has 1 N–H and O–H groups in total. The van der Waals surface area contributed by atoms with E-state index >= 15 is 0 Å². The topological polar surface area (TPSA) is 24.5 Å². The van der Waals surface area contributed by atoms with Gasteiger partial charge >= 0.3 is 0 Å². The molecule has 2 aromatic carbocycles. The SMILES string of the molecule is COc1cccc(CN(C)Cc2ccc3c(c2)NCC3)c1. The van der Waals surface area contributed by atoms with Gasteiger partial charge < -0.3 is 10.1 Å². The van der Waals surface area contributed by atoms with Gasteiger partial charge in [0, 0.05) is 25.3 Å². The molecule has 0 unspecified atom stereocenters. The number of ether oxygens (including phenoxy) is 1. The molecule has 0 amide bonds. The lowest BCUT2D eigenvalue weighted by Crippen LogP contribution is -2.17. The first-order chi connectivity index (χ1) is 10.2. The summed E-state index contributed by atoms with van der Waals surface area (Å²) >= 11 is 0. The van der Waals surface area contributed by atoms with Crippen LogP contribution in [0, 0.1) is 0 Å². The van der Waals surface area contributed by atoms with Gasteiger partial charge in [-0.15, -0.1) is 0 Å². The first-order valence-electron chi connectivity index (χ1n) is 7.42. The Hall–Kier alpha value is -2.00. The van der Waals surface area contributed by atoms with Crippen LogP contribution in [0.15, 0.2) is 42.5 Å². The van der Waals surface area contributed by atoms with Crippen LogP contribution < -0.4 is 10.1 Å². The Morgan fingerprint density at radius 3 is 2.71 bits per heavy atom. The average Bonchev–Trinajstić information content (AvgIpc) is 2.95. The van der Waals surface area contributed by atoms with Crippen molar-refractivity contribution in [1.82, 2.24) is 4.90 Å². The highest BCUT2D eigenvalue weighted by molar-refractivity contribution is 5.57. The van der Waals surface area contributed by atoms with Crippen molar-refractivity contribution in [2.75, 3.05) is 26.0 Å². The zero-order chi connectivity index (χ0) is 14.7. The number of anilines is 1. The van der Waals surface area contributed by atoms with Crippen LogP contribution in [-0.4, -0.2) is 25.6 Å². The molecule has 0 saturated heterocycles. The van der Waals surface area contributed by atoms with Gasteiger partial charge in [0.2, 0.25) is 0 Å². The third-order valence-corrected chi connectivity index (χ3v) is 3.92. The van der Waals surface area contributed by atoms with E-state index in [1.807, 2.05) is 12.1 Å². The zero-order valence-corrected chi connectivity index (χ0v) is 12.7. The Kier molecular flexibility index (Phi) is 4.11. The largest absolute Gasteiger partial charge is 0.497 e. The summed E-state index contributed by atoms with van der Waals surface area (Å²) in [7, 11) is 3.86. The summed E-state index contributed by atoms with van der Waals surface area (Å²) in [4.78, 5) is 2.32. The normalized spacial score (nSPS) is 13.1. The van der Waals surface area contributed by atoms with Gasteiger partial charge in [0.1, 0.15) is 5.75 Å². The number of hydrogen-bond donors (Lipinski definition) is 1. The van der Waals surface area contributed by atoms with E-state index in [-0.39, 0.29) is 0 Å². The molecule has 21 heavy (non-hydrogen) atoms. The Balaban J connectivity index is 1.64. The highest BCUT2D eigenvalue weighted by Gasteiger charge is 2.11. The average molecular weight is 282 g/mol. The molecule has 1 aliphatic heterocycles. The molecule has 1 heterocycles. The number of rotatable bonds is 5. The zero-order valence-electron chi connectivity index (χ0n) is 12.7. The summed E-state index contributed by atoms with van der Waals surface area (Å²) in [6, 6.07) is 15.0. The van der Waals surface area contributed by atoms with Crippen molar-refractivity contribution >= 4 is 5.69 Å². The number of methoxy groups -OCH3 is 1. The summed E-state index contributed by atoms with van der Waals surface area (Å²) in [5.74, 6) is 0.919. The maximum absolute atomic E-state index is 5.28. The lowest BCUT2D eigenvalue weighted by atomic mass is 10.1. The van der Waals surface area contributed by atoms with Crippen LogP contribution in [0.5, 0.6) is 5.75 Å². The van der Waals surface area contributed by atoms with Crippen LogP contribution in [0.3, 0.4) is 0 Å². The Morgan fingerprint density at radius 1 is 1.10 bits per heavy atom. The van der Waals surface area contributed by atoms with Crippen molar-refractivity contribution < 1.29 is 4.74 Å². The fourth-order valence-corrected chi connectivity index (χ4v) is 2.89. The molecule has 0 aromatic heterocycles. The number of hydrogen-bond acceptors (Lipinski definition) is 3. The lowest BCUT2D eigenvalue weighted by molar-refractivity contribution is 0.318. The highest BCUT2D eigenvalue weighted by Crippen LogP contribution is 2.24. The van der Waals surface area contributed by atoms with Crippen molar-refractivity contribution in [3.63, 3.8) is 0 Å². The van der Waals surface area contributed by atoms with E-state index in [9.17, 15) is 0 Å². The quantitative estimate of drug-likeness (QED) is 0.910. The van der Waals surface area contributed by atoms with E-state index in [1.54, 1.807) is 7.11 Å². The molecule has 1 aliphatic rings. The summed E-state index contributed by atoms with van der Waals surface area (Å²) in [6.45, 7) is 2.94. The fraction of sp³-hybridized carbons (Fsp3) is 0.333. The predicted molar refractivity (Wildman–Crippen MR) is 86.8 cm³/mol. The van der Waals surface area contributed by atoms with Gasteiger partial charge in [-0.1, -0.05) is 24.3 Å². The van der Waals surface area contributed by atoms with Gasteiger partial charge in [0.15, 0.2) is 0 Å². The summed E-state index contributed by atoms with van der Waals surface area (Å²) < 4.78 is 5.28. The number of benzene rings is 2. The van der Waals surface area contributed by atoms with E-state index in [0.717, 1.165) is 31.8 Å². The molecule has 0 bridgehead atoms. The van der Waals surface area contributed by atoms with Gasteiger partial charge in [-0.05, 0) is 48.4 Å². The lowest BCUT2D eigenvalue weighted by Gasteiger charge is -2.18. The van der Waals surface area contributed by atoms with Crippen molar-refractivity contribution in [3.8, 4) is 5.75 Å². The van der Waals surface area contributed by atoms with Gasteiger partial charge in [-0.2, -0.15) is 0 Å². The van der Waals surface area contributed by atoms with Crippen LogP contribution in [0.2, 0.25) is 0 Å². The Labute approximate surface area is 126 Å². The smallest absolute Gasteiger partial charge is 0.119 e. The van der Waals surface area contributed by atoms with Gasteiger partial charge in [-0.25, -0.2) is 0 Å². The minimum absolute atomic E-state index is 0.918. The number of nitrogens with one attached hydrogen (secondary N) is 1. The third-order valence-electron chi connectivity index (χ3n) is 3.92. The molecule has 2 aromatic rings. The Morgan fingerprint density at radius 2 is 1.90 bits per heavy atom. The maximum atomic E-state index is 5.28. The fourth-order valence-electron chi connectivity index (χ4n) is 2.89. The van der Waals surface area contributed by atoms with Gasteiger partial charge in [0.05, 0.1) is 7.11 Å². The first kappa shape index (κ1) is 14.0. The van der Waals surface area contributed by atoms with E-state index in [4.69, 9.17) is 4.74 Å². The molecular weight excluding hydrogens is 260 g/mol. The van der Waals surface area contributed by atoms with Crippen LogP contribution in [0.25, 0.3) is 0 Å². The van der Waals surface area contributed by atoms with Gasteiger partial charge in [-0.3, -0.25) is 4.90 Å². The standard InChI is InChI=1S/C18H22N2O/c1-20(12-14-4-3-5-17(10-14)21-2)13-15-6-7-16-8-9-19-18(16)11-15/h3-7,10-11,19H,8-9,12-13H2,1-2H3. The van der Waals surface area contributed by atoms with Crippen molar-refractivity contribution in [1.29, 1.82) is 0 Å². The number of nitrogens with zero attached hydrogens (tertiary/aromatic N) is 1. The summed E-state index contributed by atoms with van der Waals surface area (Å²) in [5.41, 5.74) is 5.38. The van der Waals surface area contributed by atoms with E-state index < -0.39 is 0 Å². The highest BCUT2D eigenvalue weighted by atomic mass is 16.5. The third kappa shape index (κ3) is 3.37. The predicted octanol–water partition coefficient (Wildman–Crippen LogP) is 3.30. The number of fused-ring (bicyclic) bond motifs is 1. The van der Waals surface area contributed by atoms with E-state index in [0.29, 0.717) is 0 Å². The maximum Gasteiger partial charge on any atom is 0.119 e. The van der Waals surface area contributed by atoms with E-state index in [2.05, 4.69) is 47.6 Å². The van der Waals surface area contributed by atoms with Crippen molar-refractivity contribution in [3.05, 3.63) is 59.2 Å². The van der Waals surface area contributed by atoms with Crippen molar-refractivity contribution in [2.24, 2.45) is 0 Å². The second kappa shape index (κ2) is 6.19. The molecule has 3 heteroatoms. The molecule has 3 rings (SSSR count). The molecule has 110 valence electrons. The second-order valence-corrected chi connectivity index (χ2v) is 5.69. The molecule has 0 spiro atoms. The van der Waals surface area contributed by atoms with Crippen LogP contribution in [0.4, 0.5) is 5.69 Å². The summed E-state index contributed by atoms with van der Waals surface area (Å²) in [6.07, 6.45) is 1.15. The molecule has 0 atom stereocenters.